The quantitative estimate of drug-likeness (QED) is 0.858. The number of urea groups is 1. The van der Waals surface area contributed by atoms with Crippen molar-refractivity contribution in [3.8, 4) is 6.07 Å². The molecule has 1 saturated heterocycles. The summed E-state index contributed by atoms with van der Waals surface area (Å²) in [6.07, 6.45) is 0.0693. The Morgan fingerprint density at radius 2 is 2.20 bits per heavy atom. The summed E-state index contributed by atoms with van der Waals surface area (Å²) in [6.45, 7) is 1.59. The highest BCUT2D eigenvalue weighted by molar-refractivity contribution is 9.10. The maximum absolute atomic E-state index is 13.1. The maximum Gasteiger partial charge on any atom is 0.325 e. The van der Waals surface area contributed by atoms with Crippen LogP contribution in [0.4, 0.5) is 9.18 Å². The van der Waals surface area contributed by atoms with Gasteiger partial charge in [0.05, 0.1) is 12.5 Å². The molecule has 0 spiro atoms. The molecular formula is C13H11BrFN3O2. The molecule has 5 nitrogen and oxygen atoms in total. The van der Waals surface area contributed by atoms with Crippen LogP contribution in [0.25, 0.3) is 0 Å². The molecule has 20 heavy (non-hydrogen) atoms. The fraction of sp³-hybridized carbons (Fsp3) is 0.308. The lowest BCUT2D eigenvalue weighted by Gasteiger charge is -2.23. The number of nitrogens with one attached hydrogen (secondary N) is 1. The molecule has 1 atom stereocenters. The van der Waals surface area contributed by atoms with Crippen LogP contribution in [0.15, 0.2) is 22.7 Å². The van der Waals surface area contributed by atoms with Gasteiger partial charge in [0.2, 0.25) is 0 Å². The molecule has 1 aliphatic rings. The van der Waals surface area contributed by atoms with Crippen molar-refractivity contribution >= 4 is 27.9 Å². The van der Waals surface area contributed by atoms with E-state index in [-0.39, 0.29) is 13.0 Å². The second-order valence-corrected chi connectivity index (χ2v) is 5.40. The van der Waals surface area contributed by atoms with Gasteiger partial charge >= 0.3 is 6.03 Å². The lowest BCUT2D eigenvalue weighted by atomic mass is 9.92. The smallest absolute Gasteiger partial charge is 0.319 e. The molecule has 0 aromatic heterocycles. The number of imide groups is 1. The van der Waals surface area contributed by atoms with Crippen LogP contribution >= 0.6 is 15.9 Å². The third kappa shape index (κ3) is 2.27. The van der Waals surface area contributed by atoms with Gasteiger partial charge < -0.3 is 5.32 Å². The molecule has 1 fully saturated rings. The minimum Gasteiger partial charge on any atom is -0.319 e. The van der Waals surface area contributed by atoms with E-state index in [1.54, 1.807) is 6.92 Å². The number of rotatable bonds is 3. The number of benzene rings is 1. The average molecular weight is 340 g/mol. The van der Waals surface area contributed by atoms with Gasteiger partial charge in [-0.05, 0) is 19.1 Å². The molecule has 1 heterocycles. The van der Waals surface area contributed by atoms with Crippen molar-refractivity contribution in [1.82, 2.24) is 10.2 Å². The fourth-order valence-electron chi connectivity index (χ4n) is 2.14. The third-order valence-corrected chi connectivity index (χ3v) is 3.85. The van der Waals surface area contributed by atoms with E-state index < -0.39 is 23.3 Å². The predicted octanol–water partition coefficient (Wildman–Crippen LogP) is 2.27. The van der Waals surface area contributed by atoms with E-state index in [0.29, 0.717) is 10.0 Å². The van der Waals surface area contributed by atoms with E-state index in [1.807, 2.05) is 6.07 Å². The summed E-state index contributed by atoms with van der Waals surface area (Å²) in [7, 11) is 0. The second-order valence-electron chi connectivity index (χ2n) is 4.54. The van der Waals surface area contributed by atoms with Crippen molar-refractivity contribution in [2.45, 2.75) is 18.9 Å². The molecule has 0 saturated carbocycles. The summed E-state index contributed by atoms with van der Waals surface area (Å²) in [5.74, 6) is -0.896. The highest BCUT2D eigenvalue weighted by Gasteiger charge is 2.49. The minimum absolute atomic E-state index is 0.0373. The summed E-state index contributed by atoms with van der Waals surface area (Å²) in [5, 5.41) is 11.1. The minimum atomic E-state index is -1.26. The van der Waals surface area contributed by atoms with Crippen LogP contribution in [-0.4, -0.2) is 23.4 Å². The van der Waals surface area contributed by atoms with Crippen LogP contribution in [0.2, 0.25) is 0 Å². The van der Waals surface area contributed by atoms with E-state index in [0.717, 1.165) is 4.90 Å². The van der Waals surface area contributed by atoms with E-state index in [2.05, 4.69) is 21.2 Å². The number of carbonyl (C=O) groups is 2. The summed E-state index contributed by atoms with van der Waals surface area (Å²) in [5.41, 5.74) is -0.796. The van der Waals surface area contributed by atoms with Crippen molar-refractivity contribution in [1.29, 1.82) is 5.26 Å². The highest BCUT2D eigenvalue weighted by Crippen LogP contribution is 2.34. The molecule has 1 N–H and O–H groups in total. The van der Waals surface area contributed by atoms with E-state index in [4.69, 9.17) is 5.26 Å². The zero-order valence-corrected chi connectivity index (χ0v) is 12.2. The van der Waals surface area contributed by atoms with Gasteiger partial charge in [0.1, 0.15) is 11.4 Å². The van der Waals surface area contributed by atoms with Gasteiger partial charge in [-0.15, -0.1) is 0 Å². The number of hydrogen-bond acceptors (Lipinski definition) is 3. The van der Waals surface area contributed by atoms with Gasteiger partial charge in [-0.25, -0.2) is 9.18 Å². The molecule has 1 aromatic carbocycles. The molecule has 0 bridgehead atoms. The first-order valence-corrected chi connectivity index (χ1v) is 6.66. The van der Waals surface area contributed by atoms with Crippen LogP contribution < -0.4 is 5.32 Å². The van der Waals surface area contributed by atoms with E-state index in [9.17, 15) is 14.0 Å². The van der Waals surface area contributed by atoms with Crippen molar-refractivity contribution in [3.05, 3.63) is 34.1 Å². The van der Waals surface area contributed by atoms with Crippen LogP contribution in [0.1, 0.15) is 18.9 Å². The van der Waals surface area contributed by atoms with Crippen LogP contribution in [-0.2, 0) is 10.3 Å². The Kier molecular flexibility index (Phi) is 3.77. The SMILES string of the molecule is C[C@]1(c2ccc(F)cc2Br)NC(=O)N(CCC#N)C1=O. The number of nitrogens with zero attached hydrogens (tertiary/aromatic N) is 2. The number of hydrogen-bond donors (Lipinski definition) is 1. The predicted molar refractivity (Wildman–Crippen MR) is 71.9 cm³/mol. The lowest BCUT2D eigenvalue weighted by molar-refractivity contribution is -0.131. The van der Waals surface area contributed by atoms with E-state index >= 15 is 0 Å². The van der Waals surface area contributed by atoms with Crippen molar-refractivity contribution < 1.29 is 14.0 Å². The normalized spacial score (nSPS) is 21.8. The second kappa shape index (κ2) is 5.21. The Labute approximate surface area is 123 Å². The van der Waals surface area contributed by atoms with Crippen LogP contribution in [0.5, 0.6) is 0 Å². The lowest BCUT2D eigenvalue weighted by Crippen LogP contribution is -2.41. The fourth-order valence-corrected chi connectivity index (χ4v) is 2.89. The van der Waals surface area contributed by atoms with Gasteiger partial charge in [0.15, 0.2) is 0 Å². The molecule has 1 aliphatic heterocycles. The zero-order chi connectivity index (χ0) is 14.9. The average Bonchev–Trinajstić information content (AvgIpc) is 2.59. The van der Waals surface area contributed by atoms with Crippen LogP contribution in [0.3, 0.4) is 0 Å². The molecule has 3 amide bonds. The van der Waals surface area contributed by atoms with Gasteiger partial charge in [-0.1, -0.05) is 22.0 Å². The molecule has 7 heteroatoms. The van der Waals surface area contributed by atoms with Gasteiger partial charge in [-0.3, -0.25) is 9.69 Å². The number of carbonyl (C=O) groups excluding carboxylic acids is 2. The number of halogens is 2. The third-order valence-electron chi connectivity index (χ3n) is 3.19. The largest absolute Gasteiger partial charge is 0.325 e. The Morgan fingerprint density at radius 1 is 1.50 bits per heavy atom. The molecule has 2 rings (SSSR count). The van der Waals surface area contributed by atoms with Crippen molar-refractivity contribution in [2.75, 3.05) is 6.54 Å². The van der Waals surface area contributed by atoms with Crippen LogP contribution in [0, 0.1) is 17.1 Å². The standard InChI is InChI=1S/C13H11BrFN3O2/c1-13(9-4-3-8(15)7-10(9)14)11(19)18(6-2-5-16)12(20)17-13/h3-4,7H,2,6H2,1H3,(H,17,20)/t13-/m1/s1. The summed E-state index contributed by atoms with van der Waals surface area (Å²) >= 11 is 3.20. The molecule has 1 aromatic rings. The van der Waals surface area contributed by atoms with Gasteiger partial charge in [-0.2, -0.15) is 5.26 Å². The topological polar surface area (TPSA) is 73.2 Å². The zero-order valence-electron chi connectivity index (χ0n) is 10.6. The Bertz CT molecular complexity index is 629. The summed E-state index contributed by atoms with van der Waals surface area (Å²) in [6, 6.07) is 5.25. The Morgan fingerprint density at radius 3 is 2.80 bits per heavy atom. The molecule has 0 radical (unpaired) electrons. The monoisotopic (exact) mass is 339 g/mol. The maximum atomic E-state index is 13.1. The van der Waals surface area contributed by atoms with Gasteiger partial charge in [0, 0.05) is 16.6 Å². The Balaban J connectivity index is 2.38. The first-order valence-electron chi connectivity index (χ1n) is 5.86. The number of amides is 3. The van der Waals surface area contributed by atoms with E-state index in [1.165, 1.54) is 18.2 Å². The molecule has 0 aliphatic carbocycles. The first kappa shape index (κ1) is 14.5. The molecule has 0 unspecified atom stereocenters. The van der Waals surface area contributed by atoms with Crippen molar-refractivity contribution in [2.24, 2.45) is 0 Å². The summed E-state index contributed by atoms with van der Waals surface area (Å²) < 4.78 is 13.5. The highest BCUT2D eigenvalue weighted by atomic mass is 79.9. The Hall–Kier alpha value is -1.94. The van der Waals surface area contributed by atoms with Crippen molar-refractivity contribution in [3.63, 3.8) is 0 Å². The molecule has 104 valence electrons. The van der Waals surface area contributed by atoms with Gasteiger partial charge in [0.25, 0.3) is 5.91 Å². The molecular weight excluding hydrogens is 329 g/mol. The number of nitriles is 1. The first-order chi connectivity index (χ1) is 9.40. The summed E-state index contributed by atoms with van der Waals surface area (Å²) in [4.78, 5) is 25.3.